The fourth-order valence-corrected chi connectivity index (χ4v) is 50.3. The molecule has 0 radical (unpaired) electrons. The molecule has 1 N–H and O–H groups in total. The van der Waals surface area contributed by atoms with Crippen molar-refractivity contribution in [2.24, 2.45) is 18.1 Å². The minimum absolute atomic E-state index is 0.168. The summed E-state index contributed by atoms with van der Waals surface area (Å²) in [7, 11) is -22.7. The molecule has 19 nitrogen and oxygen atoms in total. The van der Waals surface area contributed by atoms with Crippen molar-refractivity contribution in [2.75, 3.05) is 0 Å². The van der Waals surface area contributed by atoms with E-state index in [1.54, 1.807) is 0 Å². The van der Waals surface area contributed by atoms with Gasteiger partial charge in [0.15, 0.2) is 0 Å². The number of hydrogen-bond acceptors (Lipinski definition) is 6. The summed E-state index contributed by atoms with van der Waals surface area (Å²) in [6.45, 7) is 112. The molecule has 0 fully saturated rings. The number of carbonyl (C=O) groups is 1. The maximum atomic E-state index is 16.9. The summed E-state index contributed by atoms with van der Waals surface area (Å²) in [5, 5.41) is 13.7. The van der Waals surface area contributed by atoms with Gasteiger partial charge in [-0.15, -0.1) is 0 Å². The first kappa shape index (κ1) is 97.1. The molecule has 584 valence electrons. The van der Waals surface area contributed by atoms with Crippen molar-refractivity contribution in [1.29, 1.82) is 0 Å². The van der Waals surface area contributed by atoms with Gasteiger partial charge in [0.25, 0.3) is 0 Å². The van der Waals surface area contributed by atoms with Crippen LogP contribution in [-0.2, 0) is 4.52 Å². The molecule has 24 heteroatoms. The molecule has 0 aromatic carbocycles. The van der Waals surface area contributed by atoms with Gasteiger partial charge in [-0.2, -0.15) is 0 Å². The Kier molecular flexibility index (Phi) is 38.7. The number of carboxylic acid groups (broad SMARTS) is 1. The van der Waals surface area contributed by atoms with Gasteiger partial charge in [0, 0.05) is 0 Å². The summed E-state index contributed by atoms with van der Waals surface area (Å²) in [6.07, 6.45) is -1.49. The molecule has 0 aliphatic rings. The number of hydrogen-bond donors (Lipinski definition) is 1. The van der Waals surface area contributed by atoms with Crippen LogP contribution in [0.1, 0.15) is 332 Å². The van der Waals surface area contributed by atoms with Crippen LogP contribution < -0.4 is 0 Å². The van der Waals surface area contributed by atoms with Crippen LogP contribution in [0.25, 0.3) is 0 Å². The molecular formula is C73H169N16O3P5. The first-order valence-electron chi connectivity index (χ1n) is 38.7. The molecule has 0 aliphatic heterocycles. The van der Waals surface area contributed by atoms with Crippen LogP contribution in [0.4, 0.5) is 4.79 Å². The van der Waals surface area contributed by atoms with E-state index in [2.05, 4.69) is 388 Å². The second-order valence-electron chi connectivity index (χ2n) is 34.5. The van der Waals surface area contributed by atoms with Crippen molar-refractivity contribution in [3.63, 3.8) is 0 Å². The van der Waals surface area contributed by atoms with Crippen LogP contribution >= 0.6 is 37.5 Å². The van der Waals surface area contributed by atoms with Gasteiger partial charge in [-0.3, -0.25) is 0 Å². The Hall–Kier alpha value is 0.140. The van der Waals surface area contributed by atoms with Crippen molar-refractivity contribution >= 4 is 43.6 Å². The summed E-state index contributed by atoms with van der Waals surface area (Å²) in [5.41, 5.74) is 0. The first-order valence-corrected chi connectivity index (χ1v) is 47.1. The van der Waals surface area contributed by atoms with E-state index in [9.17, 15) is 5.11 Å². The predicted molar refractivity (Wildman–Crippen MR) is 439 cm³/mol. The van der Waals surface area contributed by atoms with Crippen molar-refractivity contribution < 1.29 is 14.4 Å². The molecule has 0 unspecified atom stereocenters. The maximum absolute atomic E-state index is 16.9. The van der Waals surface area contributed by atoms with Crippen molar-refractivity contribution in [2.45, 2.75) is 477 Å². The zero-order chi connectivity index (χ0) is 77.3. The second-order valence-corrected chi connectivity index (χ2v) is 49.1. The van der Waals surface area contributed by atoms with E-state index in [0.29, 0.717) is 0 Å². The summed E-state index contributed by atoms with van der Waals surface area (Å²) in [6, 6.07) is -4.04. The molecule has 0 saturated heterocycles. The normalized spacial score (nSPS) is 15.2. The monoisotopic (exact) mass is 1470 g/mol. The van der Waals surface area contributed by atoms with Gasteiger partial charge in [0.1, 0.15) is 0 Å². The summed E-state index contributed by atoms with van der Waals surface area (Å²) >= 11 is 0. The molecular weight excluding hydrogens is 1300 g/mol. The molecule has 0 aliphatic carbocycles. The van der Waals surface area contributed by atoms with E-state index in [0.717, 1.165) is 0 Å². The molecule has 0 bridgehead atoms. The van der Waals surface area contributed by atoms with Crippen LogP contribution in [0.5, 0.6) is 0 Å². The van der Waals surface area contributed by atoms with Crippen LogP contribution in [0.3, 0.4) is 0 Å². The summed E-state index contributed by atoms with van der Waals surface area (Å²) in [5.74, 6) is 0. The molecule has 0 amide bonds. The van der Waals surface area contributed by atoms with E-state index >= 15 is 4.79 Å². The molecule has 97 heavy (non-hydrogen) atoms. The Bertz CT molecular complexity index is 1940. The second kappa shape index (κ2) is 38.6. The van der Waals surface area contributed by atoms with Crippen molar-refractivity contribution in [3.05, 3.63) is 0 Å². The molecule has 0 rings (SSSR count). The Balaban J connectivity index is 16.5. The Morgan fingerprint density at radius 3 is 0.330 bits per heavy atom. The Morgan fingerprint density at radius 2 is 0.278 bits per heavy atom. The van der Waals surface area contributed by atoms with Crippen LogP contribution in [0, 0.1) is 0 Å². The topological polar surface area (TPSA) is 135 Å². The van der Waals surface area contributed by atoms with Gasteiger partial charge in [0.2, 0.25) is 0 Å². The summed E-state index contributed by atoms with van der Waals surface area (Å²) < 4.78 is 71.6. The average molecular weight is 1470 g/mol. The molecule has 0 aromatic rings. The van der Waals surface area contributed by atoms with E-state index in [1.807, 2.05) is 0 Å². The molecule has 0 atom stereocenters. The van der Waals surface area contributed by atoms with E-state index in [4.69, 9.17) is 22.6 Å². The van der Waals surface area contributed by atoms with Crippen molar-refractivity contribution in [1.82, 2.24) is 56.0 Å². The van der Waals surface area contributed by atoms with Gasteiger partial charge in [-0.1, -0.05) is 0 Å². The van der Waals surface area contributed by atoms with Gasteiger partial charge < -0.3 is 0 Å². The zero-order valence-corrected chi connectivity index (χ0v) is 77.5. The Morgan fingerprint density at radius 1 is 0.206 bits per heavy atom. The first-order chi connectivity index (χ1) is 43.7. The quantitative estimate of drug-likeness (QED) is 0.0581. The van der Waals surface area contributed by atoms with Gasteiger partial charge in [0.05, 0.1) is 0 Å². The third-order valence-corrected chi connectivity index (χ3v) is 45.6. The van der Waals surface area contributed by atoms with Crippen LogP contribution in [0.2, 0.25) is 0 Å². The molecule has 0 spiro atoms. The van der Waals surface area contributed by atoms with Gasteiger partial charge >= 0.3 is 609 Å². The summed E-state index contributed by atoms with van der Waals surface area (Å²) in [4.78, 5) is 16.9. The molecule has 0 aromatic heterocycles. The standard InChI is InChI=1S/C73H169N16O3P5/c1-49(2)78(50(3)4)93(79(51(5)6)52(7)8,80(53(9)10)54(11)12)74-97(92-73(90)91,75-94(81(55(13)14)56(15)16,82(57(17)18)58(19)20)83(59(21)22)60(23)24,76-95(84(61(25)26)62(27)28,85(63(29)30)64(31)32)86(65(33)34)66(35)36)77-96(87(67(37)38)68(39)40,88(69(41)42)70(43)44)89(71(45)46)72(47)48/h49-72H,1-48H3,(H,90,91). The average Bonchev–Trinajstić information content (AvgIpc) is 3.30. The predicted octanol–water partition coefficient (Wildman–Crippen LogP) is 24.0. The third-order valence-electron chi connectivity index (χ3n) is 17.8. The minimum atomic E-state index is -6.83. The van der Waals surface area contributed by atoms with E-state index < -0.39 is 43.6 Å². The molecule has 0 saturated carbocycles. The van der Waals surface area contributed by atoms with E-state index in [-0.39, 0.29) is 145 Å². The fourth-order valence-electron chi connectivity index (χ4n) is 17.7. The third kappa shape index (κ3) is 20.9. The molecule has 0 heterocycles. The van der Waals surface area contributed by atoms with Gasteiger partial charge in [-0.25, -0.2) is 0 Å². The number of rotatable bonds is 41. The van der Waals surface area contributed by atoms with Crippen molar-refractivity contribution in [3.8, 4) is 0 Å². The van der Waals surface area contributed by atoms with Crippen LogP contribution in [0.15, 0.2) is 18.1 Å². The number of nitrogens with zero attached hydrogens (tertiary/aromatic N) is 16. The fraction of sp³-hybridized carbons (Fsp3) is 0.986. The van der Waals surface area contributed by atoms with E-state index in [1.165, 1.54) is 0 Å². The Labute approximate surface area is 606 Å². The zero-order valence-electron chi connectivity index (χ0n) is 73.0. The van der Waals surface area contributed by atoms with Gasteiger partial charge in [-0.05, 0) is 0 Å². The van der Waals surface area contributed by atoms with Crippen LogP contribution in [-0.4, -0.2) is 212 Å². The SMILES string of the molecule is CC(C)N(C(C)C)P(=NP(N=P(N(C(C)C)C(C)C)(N(C(C)C)C(C)C)N(C(C)C)C(C)C)(N=P(N(C(C)C)C(C)C)(N(C(C)C)C(C)C)N(C(C)C)C(C)C)(N=P(N(C(C)C)C(C)C)(N(C(C)C)C(C)C)N(C(C)C)C(C)C)OC(=O)O)(N(C(C)C)C(C)C)N(C(C)C)C(C)C.